The molecule has 0 saturated heterocycles. The number of hydrogen-bond acceptors (Lipinski definition) is 5. The number of benzene rings is 1. The van der Waals surface area contributed by atoms with E-state index >= 15 is 0 Å². The second-order valence-electron chi connectivity index (χ2n) is 5.34. The number of nitrogens with zero attached hydrogens (tertiary/aromatic N) is 1. The van der Waals surface area contributed by atoms with Crippen molar-refractivity contribution in [1.29, 1.82) is 5.26 Å². The van der Waals surface area contributed by atoms with Crippen molar-refractivity contribution in [3.8, 4) is 6.07 Å². The SMILES string of the molecule is CC(C)(CNS(=O)(=O)c1ccc(CC#N)cc1)S(C)(=O)=O. The minimum Gasteiger partial charge on any atom is -0.229 e. The second kappa shape index (κ2) is 6.13. The van der Waals surface area contributed by atoms with Crippen LogP contribution in [0.1, 0.15) is 19.4 Å². The highest BCUT2D eigenvalue weighted by Gasteiger charge is 2.31. The van der Waals surface area contributed by atoms with Crippen LogP contribution in [0.15, 0.2) is 29.2 Å². The Balaban J connectivity index is 2.90. The minimum absolute atomic E-state index is 0.0356. The molecule has 0 spiro atoms. The van der Waals surface area contributed by atoms with Gasteiger partial charge in [-0.1, -0.05) is 12.1 Å². The predicted octanol–water partition coefficient (Wildman–Crippen LogP) is 0.854. The Bertz CT molecular complexity index is 742. The van der Waals surface area contributed by atoms with Crippen molar-refractivity contribution in [3.05, 3.63) is 29.8 Å². The van der Waals surface area contributed by atoms with Gasteiger partial charge in [-0.3, -0.25) is 0 Å². The number of nitrogens with one attached hydrogen (secondary N) is 1. The molecule has 1 aromatic rings. The molecule has 0 bridgehead atoms. The van der Waals surface area contributed by atoms with Crippen LogP contribution in [0.25, 0.3) is 0 Å². The molecule has 0 aromatic heterocycles. The van der Waals surface area contributed by atoms with E-state index in [1.165, 1.54) is 26.0 Å². The van der Waals surface area contributed by atoms with Crippen molar-refractivity contribution in [2.45, 2.75) is 29.9 Å². The molecular weight excluding hydrogens is 312 g/mol. The molecule has 0 aliphatic rings. The number of rotatable bonds is 6. The largest absolute Gasteiger partial charge is 0.240 e. The number of sulfone groups is 1. The molecule has 21 heavy (non-hydrogen) atoms. The summed E-state index contributed by atoms with van der Waals surface area (Å²) < 4.78 is 48.4. The first kappa shape index (κ1) is 17.6. The van der Waals surface area contributed by atoms with Gasteiger partial charge in [0.15, 0.2) is 9.84 Å². The normalized spacial score (nSPS) is 12.9. The van der Waals surface area contributed by atoms with E-state index in [4.69, 9.17) is 5.26 Å². The zero-order chi connectivity index (χ0) is 16.3. The van der Waals surface area contributed by atoms with Crippen LogP contribution in [0.2, 0.25) is 0 Å². The standard InChI is InChI=1S/C13H18N2O4S2/c1-13(2,20(3,16)17)10-15-21(18,19)12-6-4-11(5-7-12)8-9-14/h4-7,15H,8,10H2,1-3H3. The fraction of sp³-hybridized carbons (Fsp3) is 0.462. The molecule has 0 aliphatic heterocycles. The fourth-order valence-electron chi connectivity index (χ4n) is 1.36. The lowest BCUT2D eigenvalue weighted by Crippen LogP contribution is -2.43. The zero-order valence-electron chi connectivity index (χ0n) is 12.1. The van der Waals surface area contributed by atoms with Gasteiger partial charge in [0.1, 0.15) is 0 Å². The maximum absolute atomic E-state index is 12.1. The number of sulfonamides is 1. The average Bonchev–Trinajstić information content (AvgIpc) is 2.36. The summed E-state index contributed by atoms with van der Waals surface area (Å²) in [6, 6.07) is 7.86. The third-order valence-electron chi connectivity index (χ3n) is 3.21. The Morgan fingerprint density at radius 1 is 1.14 bits per heavy atom. The lowest BCUT2D eigenvalue weighted by atomic mass is 10.2. The summed E-state index contributed by atoms with van der Waals surface area (Å²) in [5, 5.41) is 8.56. The van der Waals surface area contributed by atoms with Crippen LogP contribution in [-0.2, 0) is 26.3 Å². The Labute approximate surface area is 125 Å². The molecule has 0 saturated carbocycles. The van der Waals surface area contributed by atoms with Gasteiger partial charge >= 0.3 is 0 Å². The maximum atomic E-state index is 12.1. The van der Waals surface area contributed by atoms with Crippen LogP contribution in [0.4, 0.5) is 0 Å². The van der Waals surface area contributed by atoms with Gasteiger partial charge in [0, 0.05) is 12.8 Å². The third-order valence-corrected chi connectivity index (χ3v) is 6.78. The van der Waals surface area contributed by atoms with E-state index in [1.54, 1.807) is 12.1 Å². The molecule has 0 atom stereocenters. The molecular formula is C13H18N2O4S2. The summed E-state index contributed by atoms with van der Waals surface area (Å²) in [4.78, 5) is 0.0356. The van der Waals surface area contributed by atoms with Crippen molar-refractivity contribution in [2.75, 3.05) is 12.8 Å². The monoisotopic (exact) mass is 330 g/mol. The summed E-state index contributed by atoms with van der Waals surface area (Å²) >= 11 is 0. The topological polar surface area (TPSA) is 104 Å². The highest BCUT2D eigenvalue weighted by Crippen LogP contribution is 2.16. The Morgan fingerprint density at radius 3 is 2.10 bits per heavy atom. The molecule has 1 rings (SSSR count). The molecule has 0 fully saturated rings. The van der Waals surface area contributed by atoms with Crippen molar-refractivity contribution >= 4 is 19.9 Å². The minimum atomic E-state index is -3.78. The van der Waals surface area contributed by atoms with E-state index in [2.05, 4.69) is 4.72 Å². The van der Waals surface area contributed by atoms with E-state index in [0.717, 1.165) is 6.26 Å². The van der Waals surface area contributed by atoms with E-state index in [9.17, 15) is 16.8 Å². The van der Waals surface area contributed by atoms with Crippen LogP contribution in [-0.4, -0.2) is 34.4 Å². The van der Waals surface area contributed by atoms with Gasteiger partial charge in [-0.15, -0.1) is 0 Å². The summed E-state index contributed by atoms with van der Waals surface area (Å²) in [5.74, 6) is 0. The molecule has 0 heterocycles. The Morgan fingerprint density at radius 2 is 1.67 bits per heavy atom. The first-order valence-electron chi connectivity index (χ1n) is 6.15. The van der Waals surface area contributed by atoms with Gasteiger partial charge in [0.05, 0.1) is 22.1 Å². The quantitative estimate of drug-likeness (QED) is 0.833. The Kier molecular flexibility index (Phi) is 5.15. The molecule has 8 heteroatoms. The van der Waals surface area contributed by atoms with Crippen LogP contribution in [0.5, 0.6) is 0 Å². The third kappa shape index (κ3) is 4.52. The molecule has 116 valence electrons. The highest BCUT2D eigenvalue weighted by molar-refractivity contribution is 7.92. The summed E-state index contributed by atoms with van der Waals surface area (Å²) in [7, 11) is -7.17. The highest BCUT2D eigenvalue weighted by atomic mass is 32.2. The zero-order valence-corrected chi connectivity index (χ0v) is 13.8. The van der Waals surface area contributed by atoms with Gasteiger partial charge < -0.3 is 0 Å². The van der Waals surface area contributed by atoms with Crippen molar-refractivity contribution in [3.63, 3.8) is 0 Å². The fourth-order valence-corrected chi connectivity index (χ4v) is 3.00. The van der Waals surface area contributed by atoms with E-state index in [0.29, 0.717) is 5.56 Å². The van der Waals surface area contributed by atoms with Gasteiger partial charge in [-0.2, -0.15) is 5.26 Å². The summed E-state index contributed by atoms with van der Waals surface area (Å²) in [6.45, 7) is 2.70. The summed E-state index contributed by atoms with van der Waals surface area (Å²) in [5.41, 5.74) is 0.716. The average molecular weight is 330 g/mol. The Hall–Kier alpha value is -1.43. The van der Waals surface area contributed by atoms with Gasteiger partial charge in [0.2, 0.25) is 10.0 Å². The first-order valence-corrected chi connectivity index (χ1v) is 9.52. The van der Waals surface area contributed by atoms with Crippen LogP contribution >= 0.6 is 0 Å². The van der Waals surface area contributed by atoms with Crippen LogP contribution < -0.4 is 4.72 Å². The van der Waals surface area contributed by atoms with Crippen molar-refractivity contribution < 1.29 is 16.8 Å². The van der Waals surface area contributed by atoms with Gasteiger partial charge in [0.25, 0.3) is 0 Å². The number of nitriles is 1. The second-order valence-corrected chi connectivity index (χ2v) is 9.75. The van der Waals surface area contributed by atoms with Crippen molar-refractivity contribution in [2.24, 2.45) is 0 Å². The first-order chi connectivity index (χ1) is 9.49. The summed E-state index contributed by atoms with van der Waals surface area (Å²) in [6.07, 6.45) is 1.27. The molecule has 6 nitrogen and oxygen atoms in total. The lowest BCUT2D eigenvalue weighted by Gasteiger charge is -2.22. The number of hydrogen-bond donors (Lipinski definition) is 1. The molecule has 0 amide bonds. The molecule has 0 aliphatic carbocycles. The van der Waals surface area contributed by atoms with Gasteiger partial charge in [-0.05, 0) is 31.5 Å². The van der Waals surface area contributed by atoms with E-state index < -0.39 is 24.6 Å². The molecule has 0 unspecified atom stereocenters. The van der Waals surface area contributed by atoms with E-state index in [-0.39, 0.29) is 17.9 Å². The molecule has 1 N–H and O–H groups in total. The van der Waals surface area contributed by atoms with Crippen LogP contribution in [0.3, 0.4) is 0 Å². The maximum Gasteiger partial charge on any atom is 0.240 e. The van der Waals surface area contributed by atoms with Crippen LogP contribution in [0, 0.1) is 11.3 Å². The molecule has 1 aromatic carbocycles. The van der Waals surface area contributed by atoms with Gasteiger partial charge in [-0.25, -0.2) is 21.6 Å². The smallest absolute Gasteiger partial charge is 0.229 e. The van der Waals surface area contributed by atoms with Crippen molar-refractivity contribution in [1.82, 2.24) is 4.72 Å². The van der Waals surface area contributed by atoms with E-state index in [1.807, 2.05) is 6.07 Å². The lowest BCUT2D eigenvalue weighted by molar-refractivity contribution is 0.537. The predicted molar refractivity (Wildman–Crippen MR) is 79.9 cm³/mol. The molecule has 0 radical (unpaired) electrons.